The third-order valence-corrected chi connectivity index (χ3v) is 5.28. The van der Waals surface area contributed by atoms with E-state index in [4.69, 9.17) is 15.2 Å². The van der Waals surface area contributed by atoms with E-state index in [2.05, 4.69) is 18.7 Å². The molecule has 156 valence electrons. The SMILES string of the molecule is C=CCc1ccc(OCC(=O)N2C[C@@H](CN)[C@H](c3ccccc3)C2)c(OC)c1.Cl. The fourth-order valence-corrected chi connectivity index (χ4v) is 3.75. The average molecular weight is 417 g/mol. The lowest BCUT2D eigenvalue weighted by Gasteiger charge is -2.18. The van der Waals surface area contributed by atoms with Crippen molar-refractivity contribution in [2.24, 2.45) is 11.7 Å². The van der Waals surface area contributed by atoms with Crippen molar-refractivity contribution < 1.29 is 14.3 Å². The monoisotopic (exact) mass is 416 g/mol. The van der Waals surface area contributed by atoms with Gasteiger partial charge in [-0.3, -0.25) is 4.79 Å². The Balaban J connectivity index is 0.00000300. The number of hydrogen-bond donors (Lipinski definition) is 1. The number of benzene rings is 2. The number of methoxy groups -OCH3 is 1. The minimum atomic E-state index is -0.0332. The topological polar surface area (TPSA) is 64.8 Å². The lowest BCUT2D eigenvalue weighted by atomic mass is 9.89. The molecule has 29 heavy (non-hydrogen) atoms. The summed E-state index contributed by atoms with van der Waals surface area (Å²) >= 11 is 0. The first kappa shape index (κ1) is 22.8. The molecule has 1 fully saturated rings. The molecule has 0 spiro atoms. The number of carbonyl (C=O) groups excluding carboxylic acids is 1. The first-order chi connectivity index (χ1) is 13.7. The summed E-state index contributed by atoms with van der Waals surface area (Å²) in [7, 11) is 1.60. The van der Waals surface area contributed by atoms with Crippen LogP contribution in [0.3, 0.4) is 0 Å². The molecule has 2 N–H and O–H groups in total. The van der Waals surface area contributed by atoms with Crippen LogP contribution in [0.2, 0.25) is 0 Å². The number of halogens is 1. The maximum Gasteiger partial charge on any atom is 0.260 e. The largest absolute Gasteiger partial charge is 0.493 e. The second-order valence-corrected chi connectivity index (χ2v) is 7.08. The Morgan fingerprint density at radius 3 is 2.62 bits per heavy atom. The Kier molecular flexibility index (Phi) is 8.55. The second-order valence-electron chi connectivity index (χ2n) is 7.08. The maximum absolute atomic E-state index is 12.7. The molecule has 0 unspecified atom stereocenters. The van der Waals surface area contributed by atoms with Crippen LogP contribution < -0.4 is 15.2 Å². The number of likely N-dealkylation sites (tertiary alicyclic amines) is 1. The van der Waals surface area contributed by atoms with Gasteiger partial charge in [-0.05, 0) is 42.1 Å². The van der Waals surface area contributed by atoms with Gasteiger partial charge in [0.1, 0.15) is 0 Å². The summed E-state index contributed by atoms with van der Waals surface area (Å²) in [4.78, 5) is 14.6. The normalized spacial score (nSPS) is 18.1. The van der Waals surface area contributed by atoms with Crippen LogP contribution in [0, 0.1) is 5.92 Å². The van der Waals surface area contributed by atoms with Gasteiger partial charge in [-0.15, -0.1) is 19.0 Å². The van der Waals surface area contributed by atoms with Crippen molar-refractivity contribution >= 4 is 18.3 Å². The maximum atomic E-state index is 12.7. The molecule has 2 aromatic rings. The van der Waals surface area contributed by atoms with E-state index < -0.39 is 0 Å². The molecule has 2 atom stereocenters. The molecule has 1 aliphatic heterocycles. The average Bonchev–Trinajstić information content (AvgIpc) is 3.18. The van der Waals surface area contributed by atoms with Crippen LogP contribution in [0.5, 0.6) is 11.5 Å². The number of rotatable bonds is 8. The van der Waals surface area contributed by atoms with Crippen LogP contribution in [0.25, 0.3) is 0 Å². The Morgan fingerprint density at radius 2 is 1.97 bits per heavy atom. The minimum absolute atomic E-state index is 0. The van der Waals surface area contributed by atoms with Crippen molar-refractivity contribution in [3.05, 3.63) is 72.3 Å². The van der Waals surface area contributed by atoms with Crippen LogP contribution in [0.4, 0.5) is 0 Å². The molecule has 0 bridgehead atoms. The Hall–Kier alpha value is -2.50. The van der Waals surface area contributed by atoms with Crippen molar-refractivity contribution in [3.63, 3.8) is 0 Å². The van der Waals surface area contributed by atoms with Crippen LogP contribution in [-0.4, -0.2) is 44.2 Å². The smallest absolute Gasteiger partial charge is 0.260 e. The van der Waals surface area contributed by atoms with Gasteiger partial charge < -0.3 is 20.1 Å². The first-order valence-electron chi connectivity index (χ1n) is 9.59. The summed E-state index contributed by atoms with van der Waals surface area (Å²) in [6.07, 6.45) is 2.59. The van der Waals surface area contributed by atoms with Gasteiger partial charge in [0.15, 0.2) is 18.1 Å². The highest BCUT2D eigenvalue weighted by Gasteiger charge is 2.35. The third kappa shape index (κ3) is 5.52. The number of nitrogens with two attached hydrogens (primary N) is 1. The zero-order valence-corrected chi connectivity index (χ0v) is 17.6. The summed E-state index contributed by atoms with van der Waals surface area (Å²) in [5.41, 5.74) is 8.29. The van der Waals surface area contributed by atoms with Gasteiger partial charge in [-0.2, -0.15) is 0 Å². The molecule has 0 radical (unpaired) electrons. The van der Waals surface area contributed by atoms with Crippen LogP contribution in [-0.2, 0) is 11.2 Å². The number of carbonyl (C=O) groups is 1. The van der Waals surface area contributed by atoms with Crippen molar-refractivity contribution in [3.8, 4) is 11.5 Å². The van der Waals surface area contributed by atoms with Gasteiger partial charge in [0, 0.05) is 19.0 Å². The lowest BCUT2D eigenvalue weighted by molar-refractivity contribution is -0.132. The summed E-state index contributed by atoms with van der Waals surface area (Å²) < 4.78 is 11.2. The highest BCUT2D eigenvalue weighted by atomic mass is 35.5. The number of nitrogens with zero attached hydrogens (tertiary/aromatic N) is 1. The van der Waals surface area contributed by atoms with E-state index in [1.54, 1.807) is 7.11 Å². The van der Waals surface area contributed by atoms with Gasteiger partial charge in [0.25, 0.3) is 5.91 Å². The highest BCUT2D eigenvalue weighted by Crippen LogP contribution is 2.32. The molecule has 1 heterocycles. The van der Waals surface area contributed by atoms with E-state index in [0.29, 0.717) is 31.1 Å². The van der Waals surface area contributed by atoms with E-state index in [-0.39, 0.29) is 36.8 Å². The van der Waals surface area contributed by atoms with Crippen LogP contribution >= 0.6 is 12.4 Å². The summed E-state index contributed by atoms with van der Waals surface area (Å²) in [5.74, 6) is 1.68. The molecule has 0 aliphatic carbocycles. The zero-order chi connectivity index (χ0) is 19.9. The van der Waals surface area contributed by atoms with E-state index in [1.165, 1.54) is 5.56 Å². The summed E-state index contributed by atoms with van der Waals surface area (Å²) in [6.45, 7) is 5.62. The van der Waals surface area contributed by atoms with Crippen molar-refractivity contribution in [1.82, 2.24) is 4.90 Å². The van der Waals surface area contributed by atoms with E-state index >= 15 is 0 Å². The molecule has 2 aromatic carbocycles. The third-order valence-electron chi connectivity index (χ3n) is 5.28. The predicted molar refractivity (Wildman–Crippen MR) is 118 cm³/mol. The lowest BCUT2D eigenvalue weighted by Crippen LogP contribution is -2.33. The number of ether oxygens (including phenoxy) is 2. The fraction of sp³-hybridized carbons (Fsp3) is 0.348. The van der Waals surface area contributed by atoms with Gasteiger partial charge >= 0.3 is 0 Å². The Morgan fingerprint density at radius 1 is 1.21 bits per heavy atom. The van der Waals surface area contributed by atoms with Gasteiger partial charge in [0.05, 0.1) is 7.11 Å². The van der Waals surface area contributed by atoms with Crippen molar-refractivity contribution in [2.45, 2.75) is 12.3 Å². The van der Waals surface area contributed by atoms with Crippen molar-refractivity contribution in [1.29, 1.82) is 0 Å². The molecule has 1 amide bonds. The molecule has 5 nitrogen and oxygen atoms in total. The zero-order valence-electron chi connectivity index (χ0n) is 16.8. The molecule has 0 aromatic heterocycles. The summed E-state index contributed by atoms with van der Waals surface area (Å²) in [6, 6.07) is 16.0. The molecule has 1 aliphatic rings. The molecule has 6 heteroatoms. The number of allylic oxidation sites excluding steroid dienone is 1. The molecular weight excluding hydrogens is 388 g/mol. The Labute approximate surface area is 178 Å². The number of hydrogen-bond acceptors (Lipinski definition) is 4. The summed E-state index contributed by atoms with van der Waals surface area (Å²) in [5, 5.41) is 0. The standard InChI is InChI=1S/C23H28N2O3.ClH/c1-3-7-17-10-11-21(22(12-17)27-2)28-16-23(26)25-14-19(13-24)20(15-25)18-8-5-4-6-9-18;/h3-6,8-12,19-20H,1,7,13-16,24H2,2H3;1H/t19-,20+;/m1./s1. The van der Waals surface area contributed by atoms with Crippen molar-refractivity contribution in [2.75, 3.05) is 33.4 Å². The molecule has 1 saturated heterocycles. The molecule has 3 rings (SSSR count). The quantitative estimate of drug-likeness (QED) is 0.669. The highest BCUT2D eigenvalue weighted by molar-refractivity contribution is 5.85. The van der Waals surface area contributed by atoms with E-state index in [9.17, 15) is 4.79 Å². The molecular formula is C23H29ClN2O3. The van der Waals surface area contributed by atoms with E-state index in [0.717, 1.165) is 12.0 Å². The second kappa shape index (κ2) is 10.9. The van der Waals surface area contributed by atoms with Crippen LogP contribution in [0.1, 0.15) is 17.0 Å². The number of amides is 1. The van der Waals surface area contributed by atoms with Crippen LogP contribution in [0.15, 0.2) is 61.2 Å². The first-order valence-corrected chi connectivity index (χ1v) is 9.59. The van der Waals surface area contributed by atoms with Gasteiger partial charge in [-0.25, -0.2) is 0 Å². The van der Waals surface area contributed by atoms with Gasteiger partial charge in [0.2, 0.25) is 0 Å². The predicted octanol–water partition coefficient (Wildman–Crippen LogP) is 3.43. The molecule has 0 saturated carbocycles. The Bertz CT molecular complexity index is 813. The minimum Gasteiger partial charge on any atom is -0.493 e. The van der Waals surface area contributed by atoms with E-state index in [1.807, 2.05) is 47.4 Å². The fourth-order valence-electron chi connectivity index (χ4n) is 3.75. The van der Waals surface area contributed by atoms with Gasteiger partial charge in [-0.1, -0.05) is 42.5 Å².